The van der Waals surface area contributed by atoms with Gasteiger partial charge in [-0.25, -0.2) is 0 Å². The minimum absolute atomic E-state index is 0.0195. The second-order valence-corrected chi connectivity index (χ2v) is 5.94. The standard InChI is InChI=1S/C15H20N2O3/c1-15(2,14(19)20)9-13(18)17(12-6-7-12)10-11-5-3-4-8-16-11/h3-5,8,12H,6-7,9-10H2,1-2H3,(H,19,20). The molecule has 2 rings (SSSR count). The minimum atomic E-state index is -1.03. The van der Waals surface area contributed by atoms with Crippen molar-refractivity contribution in [3.8, 4) is 0 Å². The molecular formula is C15H20N2O3. The van der Waals surface area contributed by atoms with Crippen LogP contribution in [0.25, 0.3) is 0 Å². The van der Waals surface area contributed by atoms with Gasteiger partial charge in [-0.15, -0.1) is 0 Å². The van der Waals surface area contributed by atoms with Gasteiger partial charge in [-0.3, -0.25) is 14.6 Å². The summed E-state index contributed by atoms with van der Waals surface area (Å²) >= 11 is 0. The lowest BCUT2D eigenvalue weighted by Crippen LogP contribution is -2.38. The van der Waals surface area contributed by atoms with E-state index in [4.69, 9.17) is 5.11 Å². The Labute approximate surface area is 118 Å². The molecule has 1 aliphatic rings. The molecule has 0 saturated heterocycles. The van der Waals surface area contributed by atoms with E-state index in [1.807, 2.05) is 18.2 Å². The molecule has 1 fully saturated rings. The number of carbonyl (C=O) groups excluding carboxylic acids is 1. The van der Waals surface area contributed by atoms with Gasteiger partial charge in [-0.1, -0.05) is 6.07 Å². The van der Waals surface area contributed by atoms with Crippen molar-refractivity contribution in [1.82, 2.24) is 9.88 Å². The van der Waals surface area contributed by atoms with E-state index < -0.39 is 11.4 Å². The zero-order valence-corrected chi connectivity index (χ0v) is 11.9. The summed E-state index contributed by atoms with van der Waals surface area (Å²) in [6.07, 6.45) is 3.70. The summed E-state index contributed by atoms with van der Waals surface area (Å²) in [5.74, 6) is -1.05. The lowest BCUT2D eigenvalue weighted by molar-refractivity contribution is -0.151. The molecular weight excluding hydrogens is 256 g/mol. The molecule has 5 nitrogen and oxygen atoms in total. The summed E-state index contributed by atoms with van der Waals surface area (Å²) in [6, 6.07) is 5.85. The van der Waals surface area contributed by atoms with Gasteiger partial charge in [0.15, 0.2) is 0 Å². The summed E-state index contributed by atoms with van der Waals surface area (Å²) in [6.45, 7) is 3.62. The lowest BCUT2D eigenvalue weighted by atomic mass is 9.89. The zero-order chi connectivity index (χ0) is 14.8. The second-order valence-electron chi connectivity index (χ2n) is 5.94. The number of aliphatic carboxylic acids is 1. The molecule has 1 saturated carbocycles. The molecule has 1 aromatic rings. The van der Waals surface area contributed by atoms with Gasteiger partial charge in [0.05, 0.1) is 17.7 Å². The van der Waals surface area contributed by atoms with E-state index in [0.717, 1.165) is 18.5 Å². The number of carboxylic acid groups (broad SMARTS) is 1. The van der Waals surface area contributed by atoms with Crippen LogP contribution in [0, 0.1) is 5.41 Å². The number of hydrogen-bond donors (Lipinski definition) is 1. The first kappa shape index (κ1) is 14.5. The Balaban J connectivity index is 2.05. The molecule has 20 heavy (non-hydrogen) atoms. The first-order chi connectivity index (χ1) is 9.40. The molecule has 1 amide bonds. The fourth-order valence-electron chi connectivity index (χ4n) is 2.03. The molecule has 0 bridgehead atoms. The maximum atomic E-state index is 12.4. The smallest absolute Gasteiger partial charge is 0.309 e. The van der Waals surface area contributed by atoms with Crippen molar-refractivity contribution < 1.29 is 14.7 Å². The van der Waals surface area contributed by atoms with Gasteiger partial charge in [0.2, 0.25) is 5.91 Å². The van der Waals surface area contributed by atoms with E-state index in [2.05, 4.69) is 4.98 Å². The van der Waals surface area contributed by atoms with Crippen molar-refractivity contribution in [3.05, 3.63) is 30.1 Å². The summed E-state index contributed by atoms with van der Waals surface area (Å²) in [5, 5.41) is 9.13. The first-order valence-electron chi connectivity index (χ1n) is 6.83. The van der Waals surface area contributed by atoms with E-state index >= 15 is 0 Å². The Morgan fingerprint density at radius 1 is 1.40 bits per heavy atom. The molecule has 1 aliphatic carbocycles. The van der Waals surface area contributed by atoms with E-state index in [9.17, 15) is 9.59 Å². The van der Waals surface area contributed by atoms with Crippen LogP contribution in [0.2, 0.25) is 0 Å². The maximum absolute atomic E-state index is 12.4. The van der Waals surface area contributed by atoms with Gasteiger partial charge in [0.1, 0.15) is 0 Å². The van der Waals surface area contributed by atoms with Crippen molar-refractivity contribution in [2.24, 2.45) is 5.41 Å². The topological polar surface area (TPSA) is 70.5 Å². The number of pyridine rings is 1. The van der Waals surface area contributed by atoms with Crippen molar-refractivity contribution in [2.45, 2.75) is 45.7 Å². The molecule has 5 heteroatoms. The van der Waals surface area contributed by atoms with Gasteiger partial charge in [0, 0.05) is 18.7 Å². The molecule has 0 radical (unpaired) electrons. The van der Waals surface area contributed by atoms with Gasteiger partial charge >= 0.3 is 5.97 Å². The van der Waals surface area contributed by atoms with Crippen LogP contribution in [-0.4, -0.2) is 32.9 Å². The van der Waals surface area contributed by atoms with Crippen LogP contribution < -0.4 is 0 Å². The quantitative estimate of drug-likeness (QED) is 0.863. The summed E-state index contributed by atoms with van der Waals surface area (Å²) < 4.78 is 0. The van der Waals surface area contributed by atoms with Crippen LogP contribution in [0.3, 0.4) is 0 Å². The molecule has 0 atom stereocenters. The zero-order valence-electron chi connectivity index (χ0n) is 11.9. The number of nitrogens with zero attached hydrogens (tertiary/aromatic N) is 2. The fourth-order valence-corrected chi connectivity index (χ4v) is 2.03. The van der Waals surface area contributed by atoms with Crippen LogP contribution in [0.5, 0.6) is 0 Å². The van der Waals surface area contributed by atoms with Gasteiger partial charge in [0.25, 0.3) is 0 Å². The molecule has 0 aliphatic heterocycles. The number of hydrogen-bond acceptors (Lipinski definition) is 3. The highest BCUT2D eigenvalue weighted by Gasteiger charge is 2.37. The molecule has 1 heterocycles. The Morgan fingerprint density at radius 2 is 2.10 bits per heavy atom. The highest BCUT2D eigenvalue weighted by Crippen LogP contribution is 2.31. The Kier molecular flexibility index (Phi) is 4.06. The largest absolute Gasteiger partial charge is 0.481 e. The van der Waals surface area contributed by atoms with Crippen molar-refractivity contribution in [3.63, 3.8) is 0 Å². The second kappa shape index (κ2) is 5.61. The number of rotatable bonds is 6. The third kappa shape index (κ3) is 3.56. The average Bonchev–Trinajstić information content (AvgIpc) is 3.20. The predicted molar refractivity (Wildman–Crippen MR) is 73.8 cm³/mol. The SMILES string of the molecule is CC(C)(CC(=O)N(Cc1ccccn1)C1CC1)C(=O)O. The van der Waals surface area contributed by atoms with Crippen LogP contribution in [0.1, 0.15) is 38.8 Å². The highest BCUT2D eigenvalue weighted by molar-refractivity contribution is 5.84. The van der Waals surface area contributed by atoms with E-state index in [1.54, 1.807) is 24.9 Å². The van der Waals surface area contributed by atoms with Crippen LogP contribution in [0.4, 0.5) is 0 Å². The number of carbonyl (C=O) groups is 2. The van der Waals surface area contributed by atoms with Gasteiger partial charge in [-0.2, -0.15) is 0 Å². The Morgan fingerprint density at radius 3 is 2.60 bits per heavy atom. The van der Waals surface area contributed by atoms with Crippen molar-refractivity contribution >= 4 is 11.9 Å². The number of aromatic nitrogens is 1. The Hall–Kier alpha value is -1.91. The maximum Gasteiger partial charge on any atom is 0.309 e. The first-order valence-corrected chi connectivity index (χ1v) is 6.83. The highest BCUT2D eigenvalue weighted by atomic mass is 16.4. The summed E-state index contributed by atoms with van der Waals surface area (Å²) in [4.78, 5) is 29.5. The average molecular weight is 276 g/mol. The number of carboxylic acids is 1. The van der Waals surface area contributed by atoms with E-state index in [0.29, 0.717) is 6.54 Å². The van der Waals surface area contributed by atoms with Crippen LogP contribution in [0.15, 0.2) is 24.4 Å². The van der Waals surface area contributed by atoms with Crippen LogP contribution >= 0.6 is 0 Å². The van der Waals surface area contributed by atoms with Gasteiger partial charge < -0.3 is 10.0 Å². The summed E-state index contributed by atoms with van der Waals surface area (Å²) in [7, 11) is 0. The minimum Gasteiger partial charge on any atom is -0.481 e. The molecule has 1 N–H and O–H groups in total. The van der Waals surface area contributed by atoms with Gasteiger partial charge in [-0.05, 0) is 38.8 Å². The van der Waals surface area contributed by atoms with Crippen molar-refractivity contribution in [1.29, 1.82) is 0 Å². The summed E-state index contributed by atoms with van der Waals surface area (Å²) in [5.41, 5.74) is -0.199. The Bertz CT molecular complexity index is 495. The predicted octanol–water partition coefficient (Wildman–Crippen LogP) is 2.07. The van der Waals surface area contributed by atoms with Crippen molar-refractivity contribution in [2.75, 3.05) is 0 Å². The fraction of sp³-hybridized carbons (Fsp3) is 0.533. The van der Waals surface area contributed by atoms with E-state index in [1.165, 1.54) is 0 Å². The molecule has 1 aromatic heterocycles. The monoisotopic (exact) mass is 276 g/mol. The third-order valence-corrected chi connectivity index (χ3v) is 3.54. The van der Waals surface area contributed by atoms with E-state index in [-0.39, 0.29) is 18.4 Å². The third-order valence-electron chi connectivity index (χ3n) is 3.54. The lowest BCUT2D eigenvalue weighted by Gasteiger charge is -2.26. The molecule has 108 valence electrons. The molecule has 0 aromatic carbocycles. The normalized spacial score (nSPS) is 14.9. The molecule has 0 spiro atoms. The van der Waals surface area contributed by atoms with Crippen LogP contribution in [-0.2, 0) is 16.1 Å². The number of amides is 1. The molecule has 0 unspecified atom stereocenters.